The minimum absolute atomic E-state index is 0.0690. The number of nitrogens with zero attached hydrogens (tertiary/aromatic N) is 2. The fourth-order valence-corrected chi connectivity index (χ4v) is 5.33. The van der Waals surface area contributed by atoms with E-state index in [1.807, 2.05) is 24.9 Å². The Morgan fingerprint density at radius 2 is 1.75 bits per heavy atom. The summed E-state index contributed by atoms with van der Waals surface area (Å²) in [6.45, 7) is 3.21. The summed E-state index contributed by atoms with van der Waals surface area (Å²) in [5.74, 6) is 0.788. The molecule has 1 aliphatic heterocycles. The highest BCUT2D eigenvalue weighted by Gasteiger charge is 2.34. The number of aromatic amines is 1. The van der Waals surface area contributed by atoms with E-state index in [9.17, 15) is 18.0 Å². The van der Waals surface area contributed by atoms with Gasteiger partial charge >= 0.3 is 6.18 Å². The molecule has 2 fully saturated rings. The first kappa shape index (κ1) is 24.4. The maximum atomic E-state index is 13.6. The zero-order valence-corrected chi connectivity index (χ0v) is 20.6. The molecule has 0 bridgehead atoms. The average Bonchev–Trinajstić information content (AvgIpc) is 3.34. The summed E-state index contributed by atoms with van der Waals surface area (Å²) in [6.07, 6.45) is 1.18. The van der Waals surface area contributed by atoms with Crippen molar-refractivity contribution in [2.24, 2.45) is 0 Å². The molecule has 1 aromatic heterocycles. The molecule has 2 heterocycles. The maximum Gasteiger partial charge on any atom is 0.432 e. The van der Waals surface area contributed by atoms with Crippen LogP contribution in [0, 0.1) is 6.92 Å². The van der Waals surface area contributed by atoms with Crippen molar-refractivity contribution in [3.8, 4) is 11.4 Å². The SMILES string of the molecule is CNc1ccc(C2CCN(C(=O)c3cc(-c4ncc(C(F)(F)F)[nH]4)c(C4CCC4)cc3C)CC2)cc1. The number of aryl methyl sites for hydroxylation is 1. The Kier molecular flexibility index (Phi) is 6.53. The van der Waals surface area contributed by atoms with E-state index in [2.05, 4.69) is 39.6 Å². The van der Waals surface area contributed by atoms with Crippen molar-refractivity contribution in [3.05, 3.63) is 70.5 Å². The van der Waals surface area contributed by atoms with Gasteiger partial charge in [-0.05, 0) is 79.3 Å². The lowest BCUT2D eigenvalue weighted by atomic mass is 9.77. The molecular formula is C28H31F3N4O. The van der Waals surface area contributed by atoms with Crippen LogP contribution in [0.15, 0.2) is 42.6 Å². The van der Waals surface area contributed by atoms with Crippen molar-refractivity contribution >= 4 is 11.6 Å². The van der Waals surface area contributed by atoms with Crippen molar-refractivity contribution in [1.29, 1.82) is 0 Å². The normalized spacial score (nSPS) is 17.2. The van der Waals surface area contributed by atoms with E-state index < -0.39 is 11.9 Å². The molecule has 1 saturated carbocycles. The van der Waals surface area contributed by atoms with Crippen LogP contribution < -0.4 is 5.32 Å². The zero-order valence-electron chi connectivity index (χ0n) is 20.6. The Balaban J connectivity index is 1.38. The number of carbonyl (C=O) groups is 1. The predicted octanol–water partition coefficient (Wildman–Crippen LogP) is 6.73. The van der Waals surface area contributed by atoms with Crippen molar-refractivity contribution in [1.82, 2.24) is 14.9 Å². The molecule has 1 saturated heterocycles. The van der Waals surface area contributed by atoms with Crippen LogP contribution >= 0.6 is 0 Å². The second-order valence-corrected chi connectivity index (χ2v) is 9.96. The number of hydrogen-bond acceptors (Lipinski definition) is 3. The minimum Gasteiger partial charge on any atom is -0.388 e. The third-order valence-corrected chi connectivity index (χ3v) is 7.76. The second kappa shape index (κ2) is 9.64. The topological polar surface area (TPSA) is 61.0 Å². The van der Waals surface area contributed by atoms with Crippen LogP contribution in [0.1, 0.15) is 76.7 Å². The van der Waals surface area contributed by atoms with Crippen LogP contribution in [0.2, 0.25) is 0 Å². The molecular weight excluding hydrogens is 465 g/mol. The van der Waals surface area contributed by atoms with E-state index in [1.165, 1.54) is 5.56 Å². The molecule has 0 unspecified atom stereocenters. The Morgan fingerprint density at radius 3 is 2.31 bits per heavy atom. The molecule has 0 radical (unpaired) electrons. The van der Waals surface area contributed by atoms with Gasteiger partial charge in [-0.25, -0.2) is 4.98 Å². The van der Waals surface area contributed by atoms with E-state index >= 15 is 0 Å². The maximum absolute atomic E-state index is 13.6. The lowest BCUT2D eigenvalue weighted by molar-refractivity contribution is -0.140. The van der Waals surface area contributed by atoms with Gasteiger partial charge in [0.25, 0.3) is 5.91 Å². The molecule has 2 aromatic carbocycles. The van der Waals surface area contributed by atoms with E-state index in [-0.39, 0.29) is 17.6 Å². The van der Waals surface area contributed by atoms with Gasteiger partial charge in [0.05, 0.1) is 6.20 Å². The van der Waals surface area contributed by atoms with Crippen LogP contribution in [0.4, 0.5) is 18.9 Å². The number of piperidine rings is 1. The molecule has 8 heteroatoms. The molecule has 5 nitrogen and oxygen atoms in total. The number of nitrogens with one attached hydrogen (secondary N) is 2. The first-order valence-electron chi connectivity index (χ1n) is 12.6. The van der Waals surface area contributed by atoms with Crippen LogP contribution in [0.3, 0.4) is 0 Å². The number of alkyl halides is 3. The largest absolute Gasteiger partial charge is 0.432 e. The molecule has 1 aliphatic carbocycles. The summed E-state index contributed by atoms with van der Waals surface area (Å²) in [6, 6.07) is 12.2. The summed E-state index contributed by atoms with van der Waals surface area (Å²) in [4.78, 5) is 21.9. The van der Waals surface area contributed by atoms with Crippen molar-refractivity contribution in [2.75, 3.05) is 25.5 Å². The first-order valence-corrected chi connectivity index (χ1v) is 12.6. The van der Waals surface area contributed by atoms with Gasteiger partial charge in [0.1, 0.15) is 11.5 Å². The van der Waals surface area contributed by atoms with Crippen molar-refractivity contribution in [2.45, 2.75) is 57.0 Å². The lowest BCUT2D eigenvalue weighted by Gasteiger charge is -2.33. The molecule has 1 amide bonds. The summed E-state index contributed by atoms with van der Waals surface area (Å²) < 4.78 is 39.7. The molecule has 36 heavy (non-hydrogen) atoms. The summed E-state index contributed by atoms with van der Waals surface area (Å²) in [7, 11) is 1.90. The van der Waals surface area contributed by atoms with Gasteiger partial charge in [0, 0.05) is 37.0 Å². The second-order valence-electron chi connectivity index (χ2n) is 9.96. The van der Waals surface area contributed by atoms with Gasteiger partial charge in [0.15, 0.2) is 0 Å². The Hall–Kier alpha value is -3.29. The summed E-state index contributed by atoms with van der Waals surface area (Å²) >= 11 is 0. The number of imidazole rings is 1. The van der Waals surface area contributed by atoms with Crippen LogP contribution in [-0.2, 0) is 6.18 Å². The fourth-order valence-electron chi connectivity index (χ4n) is 5.33. The number of benzene rings is 2. The van der Waals surface area contributed by atoms with Gasteiger partial charge in [-0.1, -0.05) is 24.6 Å². The van der Waals surface area contributed by atoms with Gasteiger partial charge in [-0.3, -0.25) is 4.79 Å². The Bertz CT molecular complexity index is 1240. The highest BCUT2D eigenvalue weighted by atomic mass is 19.4. The first-order chi connectivity index (χ1) is 17.2. The molecule has 2 aliphatic rings. The Morgan fingerprint density at radius 1 is 1.06 bits per heavy atom. The number of hydrogen-bond donors (Lipinski definition) is 2. The monoisotopic (exact) mass is 496 g/mol. The summed E-state index contributed by atoms with van der Waals surface area (Å²) in [5.41, 5.74) is 4.44. The quantitative estimate of drug-likeness (QED) is 0.412. The average molecular weight is 497 g/mol. The third kappa shape index (κ3) is 4.73. The van der Waals surface area contributed by atoms with Gasteiger partial charge in [-0.2, -0.15) is 13.2 Å². The van der Waals surface area contributed by atoms with Crippen LogP contribution in [0.25, 0.3) is 11.4 Å². The van der Waals surface area contributed by atoms with Gasteiger partial charge < -0.3 is 15.2 Å². The van der Waals surface area contributed by atoms with Crippen LogP contribution in [-0.4, -0.2) is 40.9 Å². The standard InChI is InChI=1S/C28H31F3N4O/c1-17-14-23(20-4-3-5-20)24(26-33-16-25(34-26)28(29,30)31)15-22(17)27(36)35-12-10-19(11-13-35)18-6-8-21(32-2)9-7-18/h6-9,14-16,19-20,32H,3-5,10-13H2,1-2H3,(H,33,34). The number of carbonyl (C=O) groups excluding carboxylic acids is 1. The molecule has 2 N–H and O–H groups in total. The molecule has 0 spiro atoms. The third-order valence-electron chi connectivity index (χ3n) is 7.76. The number of anilines is 1. The predicted molar refractivity (Wildman–Crippen MR) is 134 cm³/mol. The van der Waals surface area contributed by atoms with Crippen LogP contribution in [0.5, 0.6) is 0 Å². The van der Waals surface area contributed by atoms with E-state index in [0.29, 0.717) is 30.1 Å². The number of rotatable bonds is 5. The number of halogens is 3. The lowest BCUT2D eigenvalue weighted by Crippen LogP contribution is -2.38. The van der Waals surface area contributed by atoms with E-state index in [4.69, 9.17) is 0 Å². The minimum atomic E-state index is -4.50. The fraction of sp³-hybridized carbons (Fsp3) is 0.429. The smallest absolute Gasteiger partial charge is 0.388 e. The summed E-state index contributed by atoms with van der Waals surface area (Å²) in [5, 5.41) is 3.13. The van der Waals surface area contributed by atoms with Gasteiger partial charge in [0.2, 0.25) is 0 Å². The molecule has 3 aromatic rings. The number of aromatic nitrogens is 2. The molecule has 190 valence electrons. The van der Waals surface area contributed by atoms with E-state index in [0.717, 1.165) is 55.1 Å². The zero-order chi connectivity index (χ0) is 25.4. The van der Waals surface area contributed by atoms with Crippen molar-refractivity contribution in [3.63, 3.8) is 0 Å². The highest BCUT2D eigenvalue weighted by molar-refractivity contribution is 5.97. The number of H-pyrrole nitrogens is 1. The Labute approximate surface area is 209 Å². The number of amides is 1. The molecule has 0 atom stereocenters. The van der Waals surface area contributed by atoms with E-state index in [1.54, 1.807) is 6.07 Å². The number of likely N-dealkylation sites (tertiary alicyclic amines) is 1. The van der Waals surface area contributed by atoms with Gasteiger partial charge in [-0.15, -0.1) is 0 Å². The highest BCUT2D eigenvalue weighted by Crippen LogP contribution is 2.42. The molecule has 5 rings (SSSR count). The van der Waals surface area contributed by atoms with Crippen molar-refractivity contribution < 1.29 is 18.0 Å².